The number of hydrogen-bond donors (Lipinski definition) is 3. The van der Waals surface area contributed by atoms with Gasteiger partial charge < -0.3 is 20.2 Å². The number of aromatic nitrogens is 2. The van der Waals surface area contributed by atoms with Gasteiger partial charge >= 0.3 is 11.9 Å². The van der Waals surface area contributed by atoms with Crippen LogP contribution >= 0.6 is 0 Å². The van der Waals surface area contributed by atoms with E-state index in [9.17, 15) is 19.8 Å². The van der Waals surface area contributed by atoms with E-state index in [4.69, 9.17) is 5.11 Å². The average molecular weight is 335 g/mol. The number of aliphatic carboxylic acids is 1. The lowest BCUT2D eigenvalue weighted by Crippen LogP contribution is -2.56. The molecule has 0 radical (unpaired) electrons. The van der Waals surface area contributed by atoms with Gasteiger partial charge in [-0.05, 0) is 31.7 Å². The van der Waals surface area contributed by atoms with Crippen molar-refractivity contribution in [2.75, 3.05) is 18.0 Å². The zero-order valence-corrected chi connectivity index (χ0v) is 13.5. The Labute approximate surface area is 139 Å². The molecule has 2 atom stereocenters. The molecule has 0 spiro atoms. The molecule has 8 nitrogen and oxygen atoms in total. The zero-order valence-electron chi connectivity index (χ0n) is 13.5. The van der Waals surface area contributed by atoms with Crippen LogP contribution in [-0.2, 0) is 4.79 Å². The number of aromatic carboxylic acids is 1. The molecule has 1 aliphatic heterocycles. The van der Waals surface area contributed by atoms with Gasteiger partial charge in [-0.3, -0.25) is 4.79 Å². The Morgan fingerprint density at radius 3 is 2.58 bits per heavy atom. The second-order valence-electron chi connectivity index (χ2n) is 6.83. The maximum atomic E-state index is 11.9. The summed E-state index contributed by atoms with van der Waals surface area (Å²) in [6, 6.07) is 1.37. The summed E-state index contributed by atoms with van der Waals surface area (Å²) in [5.74, 6) is -1.62. The number of anilines is 1. The molecule has 3 rings (SSSR count). The van der Waals surface area contributed by atoms with Gasteiger partial charge in [0, 0.05) is 18.8 Å². The number of rotatable bonds is 5. The summed E-state index contributed by atoms with van der Waals surface area (Å²) >= 11 is 0. The van der Waals surface area contributed by atoms with Gasteiger partial charge in [-0.1, -0.05) is 12.8 Å². The Kier molecular flexibility index (Phi) is 4.16. The highest BCUT2D eigenvalue weighted by molar-refractivity contribution is 5.85. The van der Waals surface area contributed by atoms with Crippen molar-refractivity contribution in [2.45, 2.75) is 38.7 Å². The molecule has 2 heterocycles. The van der Waals surface area contributed by atoms with Gasteiger partial charge in [-0.15, -0.1) is 0 Å². The summed E-state index contributed by atoms with van der Waals surface area (Å²) in [5, 5.41) is 29.3. The molecule has 0 aromatic carbocycles. The molecule has 0 bridgehead atoms. The number of nitrogens with zero attached hydrogens (tertiary/aromatic N) is 3. The molecule has 1 saturated carbocycles. The molecule has 2 fully saturated rings. The van der Waals surface area contributed by atoms with E-state index in [1.54, 1.807) is 11.8 Å². The van der Waals surface area contributed by atoms with Crippen molar-refractivity contribution in [1.82, 2.24) is 9.97 Å². The number of piperidine rings is 1. The molecule has 24 heavy (non-hydrogen) atoms. The molecular weight excluding hydrogens is 314 g/mol. The van der Waals surface area contributed by atoms with Crippen LogP contribution in [0.4, 0.5) is 5.95 Å². The van der Waals surface area contributed by atoms with Crippen molar-refractivity contribution in [3.8, 4) is 0 Å². The SMILES string of the molecule is Cc1cc(C(=O)O)nc(N2CC[C@H](O)[C@@](CC3CC3)(C(=O)O)C2)n1. The average Bonchev–Trinajstić information content (AvgIpc) is 3.32. The van der Waals surface area contributed by atoms with Crippen molar-refractivity contribution < 1.29 is 24.9 Å². The van der Waals surface area contributed by atoms with Crippen molar-refractivity contribution in [1.29, 1.82) is 0 Å². The highest BCUT2D eigenvalue weighted by Crippen LogP contribution is 2.45. The molecule has 1 aromatic rings. The standard InChI is InChI=1S/C16H21N3O5/c1-9-6-11(13(21)22)18-15(17-9)19-5-4-12(20)16(8-19,14(23)24)7-10-2-3-10/h6,10,12,20H,2-5,7-8H2,1H3,(H,21,22)(H,23,24)/t12-,16-/m0/s1. The van der Waals surface area contributed by atoms with Crippen LogP contribution in [0.25, 0.3) is 0 Å². The van der Waals surface area contributed by atoms with Gasteiger partial charge in [0.25, 0.3) is 0 Å². The van der Waals surface area contributed by atoms with Crippen molar-refractivity contribution >= 4 is 17.9 Å². The fourth-order valence-corrected chi connectivity index (χ4v) is 3.39. The number of carboxylic acid groups (broad SMARTS) is 2. The number of carboxylic acids is 2. The third-order valence-corrected chi connectivity index (χ3v) is 4.90. The fourth-order valence-electron chi connectivity index (χ4n) is 3.39. The van der Waals surface area contributed by atoms with E-state index in [0.717, 1.165) is 12.8 Å². The van der Waals surface area contributed by atoms with Crippen molar-refractivity contribution in [3.05, 3.63) is 17.5 Å². The lowest BCUT2D eigenvalue weighted by atomic mass is 9.73. The first kappa shape index (κ1) is 16.6. The second-order valence-corrected chi connectivity index (χ2v) is 6.83. The minimum Gasteiger partial charge on any atom is -0.481 e. The summed E-state index contributed by atoms with van der Waals surface area (Å²) in [4.78, 5) is 33.1. The molecule has 3 N–H and O–H groups in total. The van der Waals surface area contributed by atoms with Crippen LogP contribution in [0.1, 0.15) is 41.9 Å². The Morgan fingerprint density at radius 2 is 2.00 bits per heavy atom. The number of aryl methyl sites for hydroxylation is 1. The third-order valence-electron chi connectivity index (χ3n) is 4.90. The molecular formula is C16H21N3O5. The maximum absolute atomic E-state index is 11.9. The quantitative estimate of drug-likeness (QED) is 0.726. The van der Waals surface area contributed by atoms with Crippen LogP contribution in [0, 0.1) is 18.3 Å². The van der Waals surface area contributed by atoms with Gasteiger partial charge in [0.1, 0.15) is 5.41 Å². The minimum absolute atomic E-state index is 0.0858. The van der Waals surface area contributed by atoms with E-state index in [0.29, 0.717) is 31.0 Å². The van der Waals surface area contributed by atoms with E-state index in [-0.39, 0.29) is 18.2 Å². The lowest BCUT2D eigenvalue weighted by molar-refractivity contribution is -0.158. The molecule has 1 aromatic heterocycles. The van der Waals surface area contributed by atoms with Gasteiger partial charge in [0.2, 0.25) is 5.95 Å². The van der Waals surface area contributed by atoms with Gasteiger partial charge in [0.05, 0.1) is 6.10 Å². The number of aliphatic hydroxyl groups is 1. The highest BCUT2D eigenvalue weighted by Gasteiger charge is 2.52. The minimum atomic E-state index is -1.25. The summed E-state index contributed by atoms with van der Waals surface area (Å²) < 4.78 is 0. The largest absolute Gasteiger partial charge is 0.481 e. The Bertz CT molecular complexity index is 676. The van der Waals surface area contributed by atoms with Crippen LogP contribution in [0.2, 0.25) is 0 Å². The fraction of sp³-hybridized carbons (Fsp3) is 0.625. The van der Waals surface area contributed by atoms with Gasteiger partial charge in [-0.2, -0.15) is 0 Å². The first-order valence-corrected chi connectivity index (χ1v) is 8.07. The Balaban J connectivity index is 1.92. The molecule has 0 unspecified atom stereocenters. The molecule has 1 saturated heterocycles. The Hall–Kier alpha value is -2.22. The number of hydrogen-bond acceptors (Lipinski definition) is 6. The van der Waals surface area contributed by atoms with Crippen LogP contribution in [0.5, 0.6) is 0 Å². The van der Waals surface area contributed by atoms with Crippen LogP contribution < -0.4 is 4.90 Å². The number of aliphatic hydroxyl groups excluding tert-OH is 1. The van der Waals surface area contributed by atoms with Crippen LogP contribution in [0.15, 0.2) is 6.07 Å². The molecule has 2 aliphatic rings. The summed E-state index contributed by atoms with van der Waals surface area (Å²) in [5.41, 5.74) is -0.867. The third kappa shape index (κ3) is 3.06. The summed E-state index contributed by atoms with van der Waals surface area (Å²) in [6.07, 6.45) is 1.78. The summed E-state index contributed by atoms with van der Waals surface area (Å²) in [7, 11) is 0. The van der Waals surface area contributed by atoms with Gasteiger partial charge in [-0.25, -0.2) is 14.8 Å². The van der Waals surface area contributed by atoms with E-state index in [1.807, 2.05) is 0 Å². The van der Waals surface area contributed by atoms with E-state index in [2.05, 4.69) is 9.97 Å². The van der Waals surface area contributed by atoms with E-state index < -0.39 is 23.5 Å². The number of carbonyl (C=O) groups is 2. The molecule has 1 aliphatic carbocycles. The first-order chi connectivity index (χ1) is 11.3. The van der Waals surface area contributed by atoms with E-state index >= 15 is 0 Å². The zero-order chi connectivity index (χ0) is 17.5. The molecule has 8 heteroatoms. The maximum Gasteiger partial charge on any atom is 0.354 e. The van der Waals surface area contributed by atoms with E-state index in [1.165, 1.54) is 6.07 Å². The smallest absolute Gasteiger partial charge is 0.354 e. The van der Waals surface area contributed by atoms with Crippen LogP contribution in [-0.4, -0.2) is 56.4 Å². The Morgan fingerprint density at radius 1 is 1.29 bits per heavy atom. The lowest BCUT2D eigenvalue weighted by Gasteiger charge is -2.43. The molecule has 130 valence electrons. The highest BCUT2D eigenvalue weighted by atomic mass is 16.4. The predicted molar refractivity (Wildman–Crippen MR) is 84.0 cm³/mol. The van der Waals surface area contributed by atoms with Gasteiger partial charge in [0.15, 0.2) is 5.69 Å². The first-order valence-electron chi connectivity index (χ1n) is 8.07. The summed E-state index contributed by atoms with van der Waals surface area (Å²) in [6.45, 7) is 2.15. The van der Waals surface area contributed by atoms with Crippen molar-refractivity contribution in [2.24, 2.45) is 11.3 Å². The van der Waals surface area contributed by atoms with Crippen LogP contribution in [0.3, 0.4) is 0 Å². The normalized spacial score (nSPS) is 27.1. The molecule has 0 amide bonds. The monoisotopic (exact) mass is 335 g/mol. The van der Waals surface area contributed by atoms with Crippen molar-refractivity contribution in [3.63, 3.8) is 0 Å². The topological polar surface area (TPSA) is 124 Å². The predicted octanol–water partition coefficient (Wildman–Crippen LogP) is 0.925. The second kappa shape index (κ2) is 6.01.